The van der Waals surface area contributed by atoms with Gasteiger partial charge >= 0.3 is 0 Å². The Morgan fingerprint density at radius 2 is 1.74 bits per heavy atom. The van der Waals surface area contributed by atoms with Crippen LogP contribution in [0.4, 0.5) is 0 Å². The lowest BCUT2D eigenvalue weighted by Crippen LogP contribution is -2.02. The summed E-state index contributed by atoms with van der Waals surface area (Å²) in [5, 5.41) is 0. The van der Waals surface area contributed by atoms with Crippen LogP contribution in [0.25, 0.3) is 6.08 Å². The third-order valence-corrected chi connectivity index (χ3v) is 3.33. The van der Waals surface area contributed by atoms with Crippen molar-refractivity contribution in [1.82, 2.24) is 0 Å². The summed E-state index contributed by atoms with van der Waals surface area (Å²) in [7, 11) is 0. The fourth-order valence-electron chi connectivity index (χ4n) is 2.17. The predicted molar refractivity (Wildman–Crippen MR) is 89.3 cm³/mol. The van der Waals surface area contributed by atoms with E-state index in [9.17, 15) is 4.79 Å². The molecule has 0 fully saturated rings. The van der Waals surface area contributed by atoms with Gasteiger partial charge in [0, 0.05) is 0 Å². The lowest BCUT2D eigenvalue weighted by Gasteiger charge is -2.09. The second-order valence-corrected chi connectivity index (χ2v) is 4.98. The summed E-state index contributed by atoms with van der Waals surface area (Å²) < 4.78 is 11.0. The molecule has 0 radical (unpaired) electrons. The minimum Gasteiger partial charge on any atom is -0.488 e. The number of hydrogen-bond donors (Lipinski definition) is 0. The molecule has 0 aliphatic heterocycles. The van der Waals surface area contributed by atoms with Gasteiger partial charge in [0.05, 0.1) is 11.8 Å². The van der Waals surface area contributed by atoms with E-state index >= 15 is 0 Å². The molecule has 0 bridgehead atoms. The highest BCUT2D eigenvalue weighted by Crippen LogP contribution is 2.20. The molecule has 0 aliphatic carbocycles. The van der Waals surface area contributed by atoms with Gasteiger partial charge in [-0.3, -0.25) is 4.79 Å². The molecule has 0 saturated heterocycles. The van der Waals surface area contributed by atoms with Crippen LogP contribution in [0.2, 0.25) is 0 Å². The van der Waals surface area contributed by atoms with Gasteiger partial charge in [-0.25, -0.2) is 0 Å². The zero-order valence-electron chi connectivity index (χ0n) is 12.5. The lowest BCUT2D eigenvalue weighted by molar-refractivity contribution is 0.104. The van der Waals surface area contributed by atoms with Crippen molar-refractivity contribution in [3.8, 4) is 5.75 Å². The summed E-state index contributed by atoms with van der Waals surface area (Å²) in [5.41, 5.74) is 1.59. The van der Waals surface area contributed by atoms with Gasteiger partial charge in [0.2, 0.25) is 0 Å². The SMILES string of the molecule is O=C(C=Cc1ccco1)c1ccccc1OCc1ccccc1. The van der Waals surface area contributed by atoms with Crippen molar-refractivity contribution in [3.05, 3.63) is 96.0 Å². The molecule has 2 aromatic carbocycles. The van der Waals surface area contributed by atoms with Gasteiger partial charge in [0.15, 0.2) is 5.78 Å². The van der Waals surface area contributed by atoms with Crippen molar-refractivity contribution in [1.29, 1.82) is 0 Å². The number of benzene rings is 2. The summed E-state index contributed by atoms with van der Waals surface area (Å²) >= 11 is 0. The van der Waals surface area contributed by atoms with Crippen LogP contribution in [0.15, 0.2) is 83.5 Å². The quantitative estimate of drug-likeness (QED) is 0.487. The van der Waals surface area contributed by atoms with E-state index in [4.69, 9.17) is 9.15 Å². The standard InChI is InChI=1S/C20H16O3/c21-19(13-12-17-9-6-14-22-17)18-10-4-5-11-20(18)23-15-16-7-2-1-3-8-16/h1-14H,15H2. The molecule has 23 heavy (non-hydrogen) atoms. The minimum absolute atomic E-state index is 0.120. The first-order valence-corrected chi connectivity index (χ1v) is 7.34. The first-order valence-electron chi connectivity index (χ1n) is 7.34. The largest absolute Gasteiger partial charge is 0.488 e. The second kappa shape index (κ2) is 7.27. The Bertz CT molecular complexity index is 787. The van der Waals surface area contributed by atoms with E-state index < -0.39 is 0 Å². The molecule has 3 rings (SSSR count). The number of carbonyl (C=O) groups excluding carboxylic acids is 1. The Morgan fingerprint density at radius 1 is 0.957 bits per heavy atom. The number of allylic oxidation sites excluding steroid dienone is 1. The average molecular weight is 304 g/mol. The maximum atomic E-state index is 12.4. The fourth-order valence-corrected chi connectivity index (χ4v) is 2.17. The van der Waals surface area contributed by atoms with Crippen LogP contribution in [0.1, 0.15) is 21.7 Å². The smallest absolute Gasteiger partial charge is 0.189 e. The van der Waals surface area contributed by atoms with Crippen LogP contribution in [-0.2, 0) is 6.61 Å². The highest BCUT2D eigenvalue weighted by Gasteiger charge is 2.09. The zero-order valence-corrected chi connectivity index (χ0v) is 12.5. The van der Waals surface area contributed by atoms with Gasteiger partial charge in [-0.15, -0.1) is 0 Å². The third-order valence-electron chi connectivity index (χ3n) is 3.33. The van der Waals surface area contributed by atoms with Crippen molar-refractivity contribution < 1.29 is 13.9 Å². The van der Waals surface area contributed by atoms with Crippen LogP contribution < -0.4 is 4.74 Å². The Morgan fingerprint density at radius 3 is 2.52 bits per heavy atom. The van der Waals surface area contributed by atoms with E-state index in [0.29, 0.717) is 23.7 Å². The number of hydrogen-bond acceptors (Lipinski definition) is 3. The molecule has 1 heterocycles. The monoisotopic (exact) mass is 304 g/mol. The summed E-state index contributed by atoms with van der Waals surface area (Å²) in [6.07, 6.45) is 4.71. The van der Waals surface area contributed by atoms with E-state index in [2.05, 4.69) is 0 Å². The Hall–Kier alpha value is -3.07. The van der Waals surface area contributed by atoms with Crippen LogP contribution in [0.5, 0.6) is 5.75 Å². The number of ether oxygens (including phenoxy) is 1. The topological polar surface area (TPSA) is 39.4 Å². The van der Waals surface area contributed by atoms with Crippen LogP contribution in [0, 0.1) is 0 Å². The number of para-hydroxylation sites is 1. The van der Waals surface area contributed by atoms with E-state index in [0.717, 1.165) is 5.56 Å². The van der Waals surface area contributed by atoms with Crippen LogP contribution >= 0.6 is 0 Å². The van der Waals surface area contributed by atoms with Crippen LogP contribution in [0.3, 0.4) is 0 Å². The van der Waals surface area contributed by atoms with Crippen molar-refractivity contribution in [2.24, 2.45) is 0 Å². The van der Waals surface area contributed by atoms with E-state index in [-0.39, 0.29) is 5.78 Å². The molecular formula is C20H16O3. The Balaban J connectivity index is 1.73. The predicted octanol–water partition coefficient (Wildman–Crippen LogP) is 4.75. The summed E-state index contributed by atoms with van der Waals surface area (Å²) in [5.74, 6) is 1.09. The Kier molecular flexibility index (Phi) is 4.69. The maximum absolute atomic E-state index is 12.4. The first-order chi connectivity index (χ1) is 11.3. The normalized spacial score (nSPS) is 10.8. The number of furan rings is 1. The minimum atomic E-state index is -0.120. The molecule has 114 valence electrons. The molecule has 3 aromatic rings. The molecule has 3 nitrogen and oxygen atoms in total. The molecule has 0 saturated carbocycles. The molecule has 3 heteroatoms. The van der Waals surface area contributed by atoms with Gasteiger partial charge in [-0.1, -0.05) is 42.5 Å². The molecule has 0 N–H and O–H groups in total. The van der Waals surface area contributed by atoms with E-state index in [1.54, 1.807) is 36.6 Å². The van der Waals surface area contributed by atoms with Crippen molar-refractivity contribution in [2.75, 3.05) is 0 Å². The third kappa shape index (κ3) is 3.98. The molecule has 0 atom stereocenters. The number of ketones is 1. The molecule has 0 unspecified atom stereocenters. The Labute approximate surface area is 134 Å². The zero-order chi connectivity index (χ0) is 15.9. The number of rotatable bonds is 6. The van der Waals surface area contributed by atoms with Gasteiger partial charge in [0.25, 0.3) is 0 Å². The molecule has 0 aliphatic rings. The van der Waals surface area contributed by atoms with Crippen molar-refractivity contribution in [3.63, 3.8) is 0 Å². The number of carbonyl (C=O) groups is 1. The second-order valence-electron chi connectivity index (χ2n) is 4.98. The van der Waals surface area contributed by atoms with Crippen LogP contribution in [-0.4, -0.2) is 5.78 Å². The highest BCUT2D eigenvalue weighted by atomic mass is 16.5. The summed E-state index contributed by atoms with van der Waals surface area (Å²) in [6, 6.07) is 20.7. The van der Waals surface area contributed by atoms with E-state index in [1.807, 2.05) is 42.5 Å². The van der Waals surface area contributed by atoms with Gasteiger partial charge in [0.1, 0.15) is 18.1 Å². The average Bonchev–Trinajstić information content (AvgIpc) is 3.12. The molecule has 1 aromatic heterocycles. The van der Waals surface area contributed by atoms with Gasteiger partial charge in [-0.05, 0) is 42.0 Å². The summed E-state index contributed by atoms with van der Waals surface area (Å²) in [6.45, 7) is 0.424. The molecule has 0 spiro atoms. The van der Waals surface area contributed by atoms with Gasteiger partial charge < -0.3 is 9.15 Å². The first kappa shape index (κ1) is 14.9. The lowest BCUT2D eigenvalue weighted by atomic mass is 10.1. The molecular weight excluding hydrogens is 288 g/mol. The fraction of sp³-hybridized carbons (Fsp3) is 0.0500. The van der Waals surface area contributed by atoms with Crippen molar-refractivity contribution >= 4 is 11.9 Å². The van der Waals surface area contributed by atoms with E-state index in [1.165, 1.54) is 6.08 Å². The molecule has 0 amide bonds. The highest BCUT2D eigenvalue weighted by molar-refractivity contribution is 6.08. The van der Waals surface area contributed by atoms with Gasteiger partial charge in [-0.2, -0.15) is 0 Å². The van der Waals surface area contributed by atoms with Crippen molar-refractivity contribution in [2.45, 2.75) is 6.61 Å². The summed E-state index contributed by atoms with van der Waals surface area (Å²) in [4.78, 5) is 12.4. The maximum Gasteiger partial charge on any atom is 0.189 e.